The molecule has 76 heavy (non-hydrogen) atoms. The number of benzene rings is 2. The van der Waals surface area contributed by atoms with Gasteiger partial charge in [0.15, 0.2) is 13.2 Å². The molecule has 0 heterocycles. The zero-order chi connectivity index (χ0) is 54.1. The van der Waals surface area contributed by atoms with Crippen LogP contribution < -0.4 is 9.47 Å². The second kappa shape index (κ2) is 29.7. The molecular weight excluding hydrogens is 969 g/mol. The van der Waals surface area contributed by atoms with E-state index in [0.29, 0.717) is 56.0 Å². The molecule has 6 aliphatic carbocycles. The number of ether oxygens (including phenoxy) is 4. The fourth-order valence-electron chi connectivity index (χ4n) is 14.2. The highest BCUT2D eigenvalue weighted by molar-refractivity contribution is 5.72. The SMILES string of the molecule is CCCCC[C@H](O)CC[C@@H]1[C@H]2Cc3cccc(OCC(=O)OC4CCC(CC(=O)O)CC4)c3C[C@H]2C[C@H]1O.CCCCC[C@H](O)CC[C@@H]1[C@H]2Cc3cccc(OCC(=O)OCC4CCC(C(=O)O)CC4)c3C[C@H]2C[C@H]1O. The summed E-state index contributed by atoms with van der Waals surface area (Å²) in [7, 11) is 0. The molecule has 0 aliphatic heterocycles. The van der Waals surface area contributed by atoms with Gasteiger partial charge in [-0.25, -0.2) is 9.59 Å². The average Bonchev–Trinajstić information content (AvgIpc) is 3.93. The lowest BCUT2D eigenvalue weighted by atomic mass is 9.73. The topological polar surface area (TPSA) is 227 Å². The van der Waals surface area contributed by atoms with Crippen molar-refractivity contribution in [2.75, 3.05) is 19.8 Å². The maximum atomic E-state index is 12.5. The van der Waals surface area contributed by atoms with Crippen LogP contribution in [0.3, 0.4) is 0 Å². The first kappa shape index (κ1) is 59.4. The first-order valence-electron chi connectivity index (χ1n) is 29.7. The number of aliphatic carboxylic acids is 2. The van der Waals surface area contributed by atoms with E-state index in [1.165, 1.54) is 11.1 Å². The summed E-state index contributed by atoms with van der Waals surface area (Å²) in [5.41, 5.74) is 4.75. The van der Waals surface area contributed by atoms with E-state index in [1.807, 2.05) is 24.3 Å². The first-order chi connectivity index (χ1) is 36.7. The molecule has 6 aliphatic rings. The summed E-state index contributed by atoms with van der Waals surface area (Å²) < 4.78 is 23.0. The summed E-state index contributed by atoms with van der Waals surface area (Å²) in [5, 5.41) is 60.7. The second-order valence-electron chi connectivity index (χ2n) is 23.9. The number of carboxylic acid groups (broad SMARTS) is 2. The molecule has 6 N–H and O–H groups in total. The fraction of sp³-hybridized carbons (Fsp3) is 0.742. The van der Waals surface area contributed by atoms with Crippen LogP contribution in [-0.4, -0.2) is 105 Å². The van der Waals surface area contributed by atoms with Crippen LogP contribution in [0, 0.1) is 53.3 Å². The van der Waals surface area contributed by atoms with Gasteiger partial charge in [0.05, 0.1) is 36.9 Å². The van der Waals surface area contributed by atoms with Crippen molar-refractivity contribution in [3.05, 3.63) is 58.7 Å². The normalized spacial score (nSPS) is 29.2. The van der Waals surface area contributed by atoms with Gasteiger partial charge in [0, 0.05) is 6.42 Å². The Kier molecular flexibility index (Phi) is 23.2. The number of aliphatic hydroxyl groups is 4. The van der Waals surface area contributed by atoms with Gasteiger partial charge in [-0.1, -0.05) is 76.6 Å². The molecule has 0 radical (unpaired) electrons. The number of fused-ring (bicyclic) bond motifs is 4. The Balaban J connectivity index is 0.000000221. The average molecular weight is 1060 g/mol. The van der Waals surface area contributed by atoms with E-state index in [9.17, 15) is 39.6 Å². The van der Waals surface area contributed by atoms with Crippen LogP contribution >= 0.6 is 0 Å². The van der Waals surface area contributed by atoms with Crippen molar-refractivity contribution in [3.63, 3.8) is 0 Å². The van der Waals surface area contributed by atoms with Crippen LogP contribution in [-0.2, 0) is 54.3 Å². The first-order valence-corrected chi connectivity index (χ1v) is 29.7. The number of aliphatic hydroxyl groups excluding tert-OH is 4. The summed E-state index contributed by atoms with van der Waals surface area (Å²) >= 11 is 0. The minimum Gasteiger partial charge on any atom is -0.482 e. The smallest absolute Gasteiger partial charge is 0.344 e. The largest absolute Gasteiger partial charge is 0.482 e. The summed E-state index contributed by atoms with van der Waals surface area (Å²) in [6.45, 7) is 4.38. The Morgan fingerprint density at radius 1 is 0.592 bits per heavy atom. The summed E-state index contributed by atoms with van der Waals surface area (Å²) in [6, 6.07) is 12.0. The van der Waals surface area contributed by atoms with Crippen LogP contribution in [0.4, 0.5) is 0 Å². The highest BCUT2D eigenvalue weighted by atomic mass is 16.6. The Bertz CT molecular complexity index is 2140. The van der Waals surface area contributed by atoms with Gasteiger partial charge in [0.1, 0.15) is 17.6 Å². The van der Waals surface area contributed by atoms with E-state index in [2.05, 4.69) is 26.0 Å². The van der Waals surface area contributed by atoms with Crippen molar-refractivity contribution >= 4 is 23.9 Å². The zero-order valence-corrected chi connectivity index (χ0v) is 45.7. The quantitative estimate of drug-likeness (QED) is 0.0381. The Hall–Kier alpha value is -4.24. The molecule has 424 valence electrons. The predicted molar refractivity (Wildman–Crippen MR) is 288 cm³/mol. The van der Waals surface area contributed by atoms with Crippen LogP contribution in [0.1, 0.15) is 184 Å². The van der Waals surface area contributed by atoms with Crippen molar-refractivity contribution in [2.45, 2.75) is 218 Å². The van der Waals surface area contributed by atoms with Gasteiger partial charge in [-0.2, -0.15) is 0 Å². The number of carbonyl (C=O) groups is 4. The Morgan fingerprint density at radius 2 is 1.08 bits per heavy atom. The van der Waals surface area contributed by atoms with E-state index in [0.717, 1.165) is 164 Å². The summed E-state index contributed by atoms with van der Waals surface area (Å²) in [6.07, 6.45) is 21.3. The lowest BCUT2D eigenvalue weighted by Crippen LogP contribution is -2.29. The number of esters is 2. The highest BCUT2D eigenvalue weighted by Gasteiger charge is 2.46. The Labute approximate surface area is 452 Å². The summed E-state index contributed by atoms with van der Waals surface area (Å²) in [4.78, 5) is 46.9. The lowest BCUT2D eigenvalue weighted by Gasteiger charge is -2.32. The predicted octanol–water partition coefficient (Wildman–Crippen LogP) is 10.0. The number of rotatable bonds is 26. The molecule has 8 rings (SSSR count). The van der Waals surface area contributed by atoms with Crippen molar-refractivity contribution in [1.82, 2.24) is 0 Å². The van der Waals surface area contributed by atoms with Crippen molar-refractivity contribution in [2.24, 2.45) is 53.3 Å². The van der Waals surface area contributed by atoms with Gasteiger partial charge >= 0.3 is 23.9 Å². The van der Waals surface area contributed by atoms with E-state index in [-0.39, 0.29) is 85.7 Å². The molecule has 0 spiro atoms. The molecule has 0 bridgehead atoms. The second-order valence-corrected chi connectivity index (χ2v) is 23.9. The number of hydrogen-bond donors (Lipinski definition) is 6. The van der Waals surface area contributed by atoms with E-state index < -0.39 is 17.9 Å². The highest BCUT2D eigenvalue weighted by Crippen LogP contribution is 2.50. The maximum absolute atomic E-state index is 12.5. The van der Waals surface area contributed by atoms with Crippen molar-refractivity contribution < 1.29 is 68.8 Å². The molecule has 4 fully saturated rings. The molecule has 0 amide bonds. The molecule has 10 atom stereocenters. The molecule has 0 unspecified atom stereocenters. The van der Waals surface area contributed by atoms with Gasteiger partial charge < -0.3 is 49.6 Å². The third kappa shape index (κ3) is 17.1. The summed E-state index contributed by atoms with van der Waals surface area (Å²) in [5.74, 6) is 1.34. The lowest BCUT2D eigenvalue weighted by molar-refractivity contribution is -0.154. The number of hydrogen-bond acceptors (Lipinski definition) is 12. The minimum atomic E-state index is -0.768. The van der Waals surface area contributed by atoms with Gasteiger partial charge in [-0.05, 0) is 210 Å². The molecular formula is C62H92O14. The van der Waals surface area contributed by atoms with Crippen LogP contribution in [0.15, 0.2) is 36.4 Å². The minimum absolute atomic E-state index is 0.138. The zero-order valence-electron chi connectivity index (χ0n) is 45.7. The van der Waals surface area contributed by atoms with Crippen LogP contribution in [0.2, 0.25) is 0 Å². The van der Waals surface area contributed by atoms with Crippen molar-refractivity contribution in [3.8, 4) is 11.5 Å². The fourth-order valence-corrected chi connectivity index (χ4v) is 14.2. The standard InChI is InChI=1S/2C31H46O7/c1-2-3-4-7-23(32)11-14-25-26-16-21-6-5-8-29(27(21)17-22(26)18-28(25)33)37-19-31(36)38-24-12-9-20(10-13-24)15-30(34)35;1-2-3-4-7-24(32)13-14-25-26-15-22-6-5-8-29(27(22)16-23(26)17-28(25)33)37-19-30(34)38-18-20-9-11-21(12-10-20)31(35)36/h5-6,8,20,22-26,28,32-33H,2-4,7,9-19H2,1H3,(H,34,35);5-6,8,20-21,23-26,28,32-33H,2-4,7,9-19H2,1H3,(H,35,36)/t20?,22-,23-,24?,25+,26-,28+;20?,21?,23-,24-,25+,26-,28+/m00/s1. The number of unbranched alkanes of at least 4 members (excludes halogenated alkanes) is 4. The van der Waals surface area contributed by atoms with Crippen LogP contribution in [0.5, 0.6) is 11.5 Å². The third-order valence-corrected chi connectivity index (χ3v) is 18.6. The van der Waals surface area contributed by atoms with Gasteiger partial charge in [0.2, 0.25) is 0 Å². The monoisotopic (exact) mass is 1060 g/mol. The van der Waals surface area contributed by atoms with E-state index in [4.69, 9.17) is 29.2 Å². The Morgan fingerprint density at radius 3 is 1.55 bits per heavy atom. The van der Waals surface area contributed by atoms with Gasteiger partial charge in [0.25, 0.3) is 0 Å². The molecule has 0 saturated heterocycles. The number of carboxylic acids is 2. The van der Waals surface area contributed by atoms with E-state index >= 15 is 0 Å². The van der Waals surface area contributed by atoms with Gasteiger partial charge in [-0.3, -0.25) is 9.59 Å². The van der Waals surface area contributed by atoms with Gasteiger partial charge in [-0.15, -0.1) is 0 Å². The molecule has 14 nitrogen and oxygen atoms in total. The maximum Gasteiger partial charge on any atom is 0.344 e. The third-order valence-electron chi connectivity index (χ3n) is 18.6. The van der Waals surface area contributed by atoms with Crippen molar-refractivity contribution in [1.29, 1.82) is 0 Å². The van der Waals surface area contributed by atoms with Crippen LogP contribution in [0.25, 0.3) is 0 Å². The molecule has 14 heteroatoms. The molecule has 4 saturated carbocycles. The van der Waals surface area contributed by atoms with E-state index in [1.54, 1.807) is 0 Å². The number of carbonyl (C=O) groups excluding carboxylic acids is 2. The molecule has 2 aromatic carbocycles. The molecule has 2 aromatic rings. The molecule has 0 aromatic heterocycles.